The molecule has 117 heavy (non-hydrogen) atoms. The van der Waals surface area contributed by atoms with E-state index >= 15 is 0 Å². The molecule has 6 heterocycles. The molecule has 0 saturated heterocycles. The SMILES string of the molecule is FC(F)(F)c1cc(Oc2nnc(-c3[c-]c4ccccc4s3)c3cc4ccccc4cc23)cc(C(F)(F)F)c1.FC(F)(F)c1ccc(Oc2nnc(-c3[c-]c4ccccc4s3)c3cc4ccccc4cc23)cc1C(F)(F)F.FC(F)(F)c1cccc(Oc2nnc(-c3[c-]c4ccccc4s3)c3cc4ccccc4cc23)c1C(F)(F)F.[Ir].[Ir].[Ir]. The summed E-state index contributed by atoms with van der Waals surface area (Å²) in [6.45, 7) is 0. The molecular formula is C84H39F18Ir3N6O3S3-3. The number of benzene rings is 12. The second kappa shape index (κ2) is 32.7. The van der Waals surface area contributed by atoms with Gasteiger partial charge in [-0.3, -0.25) is 0 Å². The number of nitrogens with zero attached hydrogens (tertiary/aromatic N) is 6. The van der Waals surface area contributed by atoms with Crippen LogP contribution in [0.25, 0.3) is 127 Å². The van der Waals surface area contributed by atoms with Gasteiger partial charge >= 0.3 is 37.1 Å². The molecule has 33 heteroatoms. The summed E-state index contributed by atoms with van der Waals surface area (Å²) in [7, 11) is 0. The number of rotatable bonds is 9. The Hall–Kier alpha value is -10.6. The van der Waals surface area contributed by atoms with Gasteiger partial charge in [0.2, 0.25) is 17.6 Å². The Balaban J connectivity index is 0.000000150. The van der Waals surface area contributed by atoms with Crippen LogP contribution >= 0.6 is 34.0 Å². The van der Waals surface area contributed by atoms with Crippen molar-refractivity contribution < 1.29 is 154 Å². The molecule has 0 atom stereocenters. The fraction of sp³-hybridized carbons (Fsp3) is 0.0714. The number of hydrogen-bond donors (Lipinski definition) is 0. The molecule has 12 aromatic carbocycles. The van der Waals surface area contributed by atoms with Gasteiger partial charge in [0.15, 0.2) is 0 Å². The van der Waals surface area contributed by atoms with Crippen LogP contribution in [-0.4, -0.2) is 30.6 Å². The largest absolute Gasteiger partial charge is 0.437 e. The third-order valence-electron chi connectivity index (χ3n) is 17.9. The number of thiophene rings is 3. The van der Waals surface area contributed by atoms with Gasteiger partial charge in [-0.25, -0.2) is 34.0 Å². The van der Waals surface area contributed by atoms with E-state index in [0.29, 0.717) is 94.4 Å². The van der Waals surface area contributed by atoms with Crippen LogP contribution in [0.1, 0.15) is 33.4 Å². The number of hydrogen-bond acceptors (Lipinski definition) is 12. The van der Waals surface area contributed by atoms with Gasteiger partial charge in [-0.15, -0.1) is 86.1 Å². The summed E-state index contributed by atoms with van der Waals surface area (Å²) in [5.74, 6) is -2.82. The standard InChI is InChI=1S/3C28H13F6N2OS.3Ir/c29-27(30,31)20-9-5-10-21(24(20)28(32,33)34)37-26-19-13-16-7-2-1-6-15(16)12-18(19)25(35-36-26)23-14-17-8-3-4-11-22(17)38-23;29-27(30,31)18-12-19(28(32,33)34)14-20(13-18)37-26-22-10-16-6-2-1-5-15(16)9-21(22)25(35-36-26)24-11-17-7-3-4-8-23(17)38-24;29-27(30,31)21-10-9-18(14-22(21)28(32,33)34)37-26-20-12-16-6-2-1-5-15(16)11-19(20)25(35-36-26)24-13-17-7-3-4-8-23(17)38-24;;;/h1-13H;1-10,12-14H;1-12,14H;;;/q3*-1;;;. The summed E-state index contributed by atoms with van der Waals surface area (Å²) in [5.41, 5.74) is -8.98. The number of alkyl halides is 18. The van der Waals surface area contributed by atoms with E-state index in [1.54, 1.807) is 36.4 Å². The maximum Gasteiger partial charge on any atom is 0.420 e. The molecule has 0 fully saturated rings. The van der Waals surface area contributed by atoms with Crippen LogP contribution in [0.4, 0.5) is 79.0 Å². The van der Waals surface area contributed by atoms with Gasteiger partial charge in [0, 0.05) is 93.6 Å². The molecule has 18 aromatic rings. The van der Waals surface area contributed by atoms with Crippen LogP contribution in [0.15, 0.2) is 237 Å². The fourth-order valence-electron chi connectivity index (χ4n) is 12.8. The van der Waals surface area contributed by atoms with Crippen molar-refractivity contribution in [2.45, 2.75) is 37.1 Å². The smallest absolute Gasteiger partial charge is 0.420 e. The summed E-state index contributed by atoms with van der Waals surface area (Å²) in [4.78, 5) is 2.05. The maximum absolute atomic E-state index is 13.8. The second-order valence-electron chi connectivity index (χ2n) is 25.4. The van der Waals surface area contributed by atoms with E-state index in [0.717, 1.165) is 80.8 Å². The molecule has 0 aliphatic carbocycles. The number of halogens is 18. The molecule has 0 aliphatic rings. The molecule has 0 amide bonds. The third-order valence-corrected chi connectivity index (χ3v) is 21.2. The van der Waals surface area contributed by atoms with Crippen molar-refractivity contribution in [3.8, 4) is 66.6 Å². The minimum Gasteiger partial charge on any atom is -0.437 e. The van der Waals surface area contributed by atoms with Crippen molar-refractivity contribution >= 4 is 129 Å². The maximum atomic E-state index is 13.8. The Morgan fingerprint density at radius 2 is 0.581 bits per heavy atom. The summed E-state index contributed by atoms with van der Waals surface area (Å²) in [6.07, 6.45) is -31.0. The van der Waals surface area contributed by atoms with Crippen LogP contribution in [-0.2, 0) is 97.4 Å². The molecule has 0 bridgehead atoms. The topological polar surface area (TPSA) is 105 Å². The first-order valence-electron chi connectivity index (χ1n) is 33.4. The van der Waals surface area contributed by atoms with E-state index in [9.17, 15) is 79.0 Å². The van der Waals surface area contributed by atoms with Gasteiger partial charge < -0.3 is 14.2 Å². The zero-order valence-corrected chi connectivity index (χ0v) is 67.6. The minimum atomic E-state index is -5.33. The summed E-state index contributed by atoms with van der Waals surface area (Å²) >= 11 is 4.32. The van der Waals surface area contributed by atoms with Gasteiger partial charge in [0.1, 0.15) is 22.8 Å². The van der Waals surface area contributed by atoms with Crippen LogP contribution in [0, 0.1) is 18.2 Å². The van der Waals surface area contributed by atoms with Crippen LogP contribution < -0.4 is 14.2 Å². The Bertz CT molecular complexity index is 6690. The van der Waals surface area contributed by atoms with Crippen molar-refractivity contribution in [1.29, 1.82) is 0 Å². The summed E-state index contributed by atoms with van der Waals surface area (Å²) in [5, 5.41) is 35.4. The predicted molar refractivity (Wildman–Crippen MR) is 400 cm³/mol. The van der Waals surface area contributed by atoms with Crippen molar-refractivity contribution in [2.75, 3.05) is 0 Å². The molecule has 0 spiro atoms. The Labute approximate surface area is 699 Å². The number of ether oxygens (including phenoxy) is 3. The molecule has 9 nitrogen and oxygen atoms in total. The van der Waals surface area contributed by atoms with E-state index in [-0.39, 0.29) is 84.0 Å². The number of aromatic nitrogens is 6. The van der Waals surface area contributed by atoms with Gasteiger partial charge in [-0.1, -0.05) is 133 Å². The molecule has 0 saturated carbocycles. The predicted octanol–water partition coefficient (Wildman–Crippen LogP) is 27.9. The number of fused-ring (bicyclic) bond motifs is 9. The quantitative estimate of drug-likeness (QED) is 0.0794. The first kappa shape index (κ1) is 84.3. The van der Waals surface area contributed by atoms with E-state index in [1.165, 1.54) is 34.0 Å². The van der Waals surface area contributed by atoms with Crippen LogP contribution in [0.2, 0.25) is 0 Å². The molecular weight excluding hydrogens is 2160 g/mol. The normalized spacial score (nSPS) is 12.2. The van der Waals surface area contributed by atoms with Crippen LogP contribution in [0.5, 0.6) is 34.9 Å². The summed E-state index contributed by atoms with van der Waals surface area (Å²) < 4.78 is 262. The zero-order valence-electron chi connectivity index (χ0n) is 58.0. The van der Waals surface area contributed by atoms with Crippen molar-refractivity contribution in [3.63, 3.8) is 0 Å². The first-order chi connectivity index (χ1) is 54.2. The van der Waals surface area contributed by atoms with E-state index < -0.39 is 87.7 Å². The van der Waals surface area contributed by atoms with E-state index in [1.807, 2.05) is 146 Å². The monoisotopic (exact) mass is 2200 g/mol. The Morgan fingerprint density at radius 3 is 0.915 bits per heavy atom. The average molecular weight is 2200 g/mol. The third kappa shape index (κ3) is 17.6. The molecule has 0 unspecified atom stereocenters. The van der Waals surface area contributed by atoms with Crippen molar-refractivity contribution in [1.82, 2.24) is 30.6 Å². The second-order valence-corrected chi connectivity index (χ2v) is 28.5. The van der Waals surface area contributed by atoms with Gasteiger partial charge in [0.05, 0.1) is 27.8 Å². The van der Waals surface area contributed by atoms with Crippen LogP contribution in [0.3, 0.4) is 0 Å². The molecule has 18 rings (SSSR count). The van der Waals surface area contributed by atoms with Gasteiger partial charge in [-0.05, 0) is 144 Å². The molecule has 597 valence electrons. The molecule has 6 aromatic heterocycles. The van der Waals surface area contributed by atoms with Crippen molar-refractivity contribution in [2.24, 2.45) is 0 Å². The Morgan fingerprint density at radius 1 is 0.256 bits per heavy atom. The molecule has 3 radical (unpaired) electrons. The zero-order chi connectivity index (χ0) is 80.0. The van der Waals surface area contributed by atoms with Gasteiger partial charge in [0.25, 0.3) is 0 Å². The first-order valence-corrected chi connectivity index (χ1v) is 35.9. The minimum absolute atomic E-state index is 0. The fourth-order valence-corrected chi connectivity index (χ4v) is 15.8. The van der Waals surface area contributed by atoms with Gasteiger partial charge in [-0.2, -0.15) is 94.3 Å². The van der Waals surface area contributed by atoms with E-state index in [2.05, 4.69) is 48.8 Å². The van der Waals surface area contributed by atoms with E-state index in [4.69, 9.17) is 14.2 Å². The average Bonchev–Trinajstić information content (AvgIpc) is 1.75. The molecule has 0 N–H and O–H groups in total. The summed E-state index contributed by atoms with van der Waals surface area (Å²) in [6, 6.07) is 70.2. The van der Waals surface area contributed by atoms with Crippen molar-refractivity contribution in [3.05, 3.63) is 288 Å². The Kier molecular flexibility index (Phi) is 23.6. The molecule has 0 aliphatic heterocycles.